The molecular weight excluding hydrogens is 740 g/mol. The highest BCUT2D eigenvalue weighted by Gasteiger charge is 2.48. The van der Waals surface area contributed by atoms with Crippen LogP contribution < -0.4 is 38.2 Å². The number of amides is 1. The van der Waals surface area contributed by atoms with Crippen LogP contribution in [0, 0.1) is 5.82 Å². The second kappa shape index (κ2) is 17.1. The molecule has 0 fully saturated rings. The number of rotatable bonds is 12. The molecule has 2 aromatic heterocycles. The minimum Gasteiger partial charge on any atom is -1.00 e. The van der Waals surface area contributed by atoms with Crippen molar-refractivity contribution in [3.05, 3.63) is 193 Å². The van der Waals surface area contributed by atoms with Crippen molar-refractivity contribution in [1.29, 1.82) is 0 Å². The highest BCUT2D eigenvalue weighted by Crippen LogP contribution is 2.60. The van der Waals surface area contributed by atoms with E-state index in [0.29, 0.717) is 24.8 Å². The van der Waals surface area contributed by atoms with Crippen molar-refractivity contribution in [3.63, 3.8) is 0 Å². The normalized spacial score (nSPS) is 11.2. The highest BCUT2D eigenvalue weighted by molar-refractivity contribution is 7.95. The molecule has 0 unspecified atom stereocenters. The zero-order valence-corrected chi connectivity index (χ0v) is 32.4. The van der Waals surface area contributed by atoms with Gasteiger partial charge < -0.3 is 26.9 Å². The molecule has 0 radical (unpaired) electrons. The maximum absolute atomic E-state index is 14.8. The van der Waals surface area contributed by atoms with Crippen LogP contribution in [0.15, 0.2) is 170 Å². The van der Waals surface area contributed by atoms with Gasteiger partial charge in [-0.3, -0.25) is 9.78 Å². The van der Waals surface area contributed by atoms with Crippen molar-refractivity contribution in [2.75, 3.05) is 6.54 Å². The smallest absolute Gasteiger partial charge is 0.268 e. The van der Waals surface area contributed by atoms with Gasteiger partial charge in [-0.15, -0.1) is 0 Å². The van der Waals surface area contributed by atoms with Gasteiger partial charge in [-0.25, -0.2) is 4.39 Å². The fourth-order valence-corrected chi connectivity index (χ4v) is 11.6. The summed E-state index contributed by atoms with van der Waals surface area (Å²) in [5, 5.41) is 7.02. The number of nitrogens with zero attached hydrogens (tertiary/aromatic N) is 2. The van der Waals surface area contributed by atoms with E-state index in [0.717, 1.165) is 33.5 Å². The van der Waals surface area contributed by atoms with Crippen LogP contribution >= 0.6 is 7.26 Å². The molecular formula is C46H42BrFN3OP. The molecule has 7 rings (SSSR count). The average molecular weight is 783 g/mol. The molecule has 7 heteroatoms. The SMILES string of the molecule is CC(C)n1c(C[P+](c2ccccc2)(c2ccccc2)c2ccccc2)c(-c2ccc(F)cc2)c(-c2ccccc2)c1C(=O)NCCc1cccnc1.[Br-]. The number of pyridine rings is 1. The number of carbonyl (C=O) groups is 1. The van der Waals surface area contributed by atoms with Crippen LogP contribution in [-0.2, 0) is 12.6 Å². The lowest BCUT2D eigenvalue weighted by molar-refractivity contribution is -0.0000192. The standard InChI is InChI=1S/C46H41FN3OP.BrH/c1-34(2)50-42(33-52(39-19-9-4-10-20-39,40-21-11-5-12-22-40)41-23-13-6-14-24-41)43(37-25-27-38(47)28-26-37)44(36-17-7-3-8-18-36)45(50)46(51)49-31-29-35-16-15-30-48-32-35;/h3-28,30,32,34H,29,31,33H2,1-2H3;1H. The van der Waals surface area contributed by atoms with Crippen LogP contribution in [0.1, 0.15) is 41.6 Å². The third-order valence-electron chi connectivity index (χ3n) is 9.63. The molecule has 0 aliphatic rings. The van der Waals surface area contributed by atoms with Gasteiger partial charge in [-0.05, 0) is 91.6 Å². The Hall–Kier alpha value is -5.16. The van der Waals surface area contributed by atoms with Gasteiger partial charge in [-0.1, -0.05) is 103 Å². The predicted molar refractivity (Wildman–Crippen MR) is 215 cm³/mol. The Morgan fingerprint density at radius 1 is 0.679 bits per heavy atom. The molecule has 0 saturated heterocycles. The molecule has 5 aromatic carbocycles. The van der Waals surface area contributed by atoms with Crippen molar-refractivity contribution in [3.8, 4) is 22.3 Å². The van der Waals surface area contributed by atoms with E-state index in [9.17, 15) is 9.18 Å². The number of aromatic nitrogens is 2. The van der Waals surface area contributed by atoms with E-state index in [4.69, 9.17) is 0 Å². The fraction of sp³-hybridized carbons (Fsp3) is 0.130. The molecule has 1 N–H and O–H groups in total. The summed E-state index contributed by atoms with van der Waals surface area (Å²) in [5.74, 6) is -0.447. The third kappa shape index (κ3) is 7.81. The Labute approximate surface area is 322 Å². The molecule has 0 saturated carbocycles. The van der Waals surface area contributed by atoms with Gasteiger partial charge in [-0.2, -0.15) is 0 Å². The van der Waals surface area contributed by atoms with Gasteiger partial charge in [0, 0.05) is 36.1 Å². The summed E-state index contributed by atoms with van der Waals surface area (Å²) < 4.78 is 16.9. The molecule has 0 atom stereocenters. The number of hydrogen-bond acceptors (Lipinski definition) is 2. The Balaban J connectivity index is 0.00000481. The number of hydrogen-bond donors (Lipinski definition) is 1. The second-order valence-electron chi connectivity index (χ2n) is 13.2. The van der Waals surface area contributed by atoms with E-state index < -0.39 is 7.26 Å². The van der Waals surface area contributed by atoms with Crippen molar-refractivity contribution in [2.45, 2.75) is 32.5 Å². The van der Waals surface area contributed by atoms with Crippen molar-refractivity contribution in [1.82, 2.24) is 14.9 Å². The van der Waals surface area contributed by atoms with E-state index in [2.05, 4.69) is 132 Å². The summed E-state index contributed by atoms with van der Waals surface area (Å²) in [7, 11) is -2.42. The van der Waals surface area contributed by atoms with E-state index in [1.165, 1.54) is 28.0 Å². The van der Waals surface area contributed by atoms with Gasteiger partial charge in [0.2, 0.25) is 0 Å². The van der Waals surface area contributed by atoms with E-state index >= 15 is 0 Å². The highest BCUT2D eigenvalue weighted by atomic mass is 79.9. The molecule has 0 aliphatic heterocycles. The largest absolute Gasteiger partial charge is 1.00 e. The first-order valence-corrected chi connectivity index (χ1v) is 19.7. The van der Waals surface area contributed by atoms with Crippen molar-refractivity contribution < 1.29 is 26.2 Å². The molecule has 4 nitrogen and oxygen atoms in total. The summed E-state index contributed by atoms with van der Waals surface area (Å²) in [6, 6.07) is 53.1. The van der Waals surface area contributed by atoms with Crippen molar-refractivity contribution in [2.24, 2.45) is 0 Å². The lowest BCUT2D eigenvalue weighted by Gasteiger charge is -2.29. The van der Waals surface area contributed by atoms with Gasteiger partial charge >= 0.3 is 0 Å². The average Bonchev–Trinajstić information content (AvgIpc) is 3.54. The van der Waals surface area contributed by atoms with Crippen LogP contribution in [-0.4, -0.2) is 22.0 Å². The Morgan fingerprint density at radius 2 is 1.19 bits per heavy atom. The molecule has 1 amide bonds. The fourth-order valence-electron chi connectivity index (χ4n) is 7.34. The Bertz CT molecular complexity index is 2130. The van der Waals surface area contributed by atoms with E-state index in [1.807, 2.05) is 48.7 Å². The lowest BCUT2D eigenvalue weighted by Crippen LogP contribution is -3.00. The molecule has 0 aliphatic carbocycles. The minimum atomic E-state index is -2.42. The number of carbonyl (C=O) groups excluding carboxylic acids is 1. The topological polar surface area (TPSA) is 46.9 Å². The maximum atomic E-state index is 14.8. The molecule has 2 heterocycles. The zero-order valence-electron chi connectivity index (χ0n) is 29.9. The van der Waals surface area contributed by atoms with Crippen molar-refractivity contribution >= 4 is 29.1 Å². The predicted octanol–water partition coefficient (Wildman–Crippen LogP) is 6.41. The first-order chi connectivity index (χ1) is 25.5. The first-order valence-electron chi connectivity index (χ1n) is 17.8. The van der Waals surface area contributed by atoms with Gasteiger partial charge in [0.25, 0.3) is 5.91 Å². The Kier molecular flexibility index (Phi) is 12.1. The van der Waals surface area contributed by atoms with Crippen LogP contribution in [0.5, 0.6) is 0 Å². The molecule has 0 bridgehead atoms. The van der Waals surface area contributed by atoms with E-state index in [-0.39, 0.29) is 34.7 Å². The van der Waals surface area contributed by atoms with Gasteiger partial charge in [0.05, 0.1) is 5.69 Å². The summed E-state index contributed by atoms with van der Waals surface area (Å²) in [6.07, 6.45) is 4.89. The summed E-state index contributed by atoms with van der Waals surface area (Å²) in [4.78, 5) is 19.0. The lowest BCUT2D eigenvalue weighted by atomic mass is 9.94. The van der Waals surface area contributed by atoms with E-state index in [1.54, 1.807) is 6.20 Å². The first kappa shape index (κ1) is 37.6. The second-order valence-corrected chi connectivity index (χ2v) is 16.7. The monoisotopic (exact) mass is 781 g/mol. The summed E-state index contributed by atoms with van der Waals surface area (Å²) in [5.41, 5.74) is 6.30. The van der Waals surface area contributed by atoms with Crippen LogP contribution in [0.25, 0.3) is 22.3 Å². The summed E-state index contributed by atoms with van der Waals surface area (Å²) in [6.45, 7) is 4.75. The maximum Gasteiger partial charge on any atom is 0.268 e. The van der Waals surface area contributed by atoms with Crippen LogP contribution in [0.3, 0.4) is 0 Å². The summed E-state index contributed by atoms with van der Waals surface area (Å²) >= 11 is 0. The number of nitrogens with one attached hydrogen (secondary N) is 1. The van der Waals surface area contributed by atoms with Crippen LogP contribution in [0.2, 0.25) is 0 Å². The minimum absolute atomic E-state index is 0. The molecule has 7 aromatic rings. The van der Waals surface area contributed by atoms with Crippen LogP contribution in [0.4, 0.5) is 4.39 Å². The zero-order chi connectivity index (χ0) is 35.9. The number of halogens is 2. The van der Waals surface area contributed by atoms with Gasteiger partial charge in [0.15, 0.2) is 0 Å². The molecule has 53 heavy (non-hydrogen) atoms. The molecule has 0 spiro atoms. The quantitative estimate of drug-likeness (QED) is 0.146. The third-order valence-corrected chi connectivity index (χ3v) is 13.9. The number of benzene rings is 5. The molecule has 266 valence electrons. The van der Waals surface area contributed by atoms with Gasteiger partial charge in [0.1, 0.15) is 40.8 Å². The Morgan fingerprint density at radius 3 is 1.68 bits per heavy atom.